The van der Waals surface area contributed by atoms with Gasteiger partial charge in [0.05, 0.1) is 5.69 Å². The molecule has 4 aromatic rings. The highest BCUT2D eigenvalue weighted by molar-refractivity contribution is 5.94. The number of pyridine rings is 1. The van der Waals surface area contributed by atoms with Crippen LogP contribution in [0.1, 0.15) is 39.7 Å². The van der Waals surface area contributed by atoms with Crippen LogP contribution in [-0.4, -0.2) is 45.7 Å². The molecule has 0 aliphatic rings. The van der Waals surface area contributed by atoms with Gasteiger partial charge in [0.1, 0.15) is 18.0 Å². The standard InChI is InChI=1S/C28H32N4O2/c1-5-31(18-23-12-10-22(11-13-23)17-30(3)4)28(33)24-7-6-8-26(15-24)34-20-25-19-32-16-21(2)9-14-27(32)29-25/h6-16,19H,5,17-18,20H2,1-4H3. The van der Waals surface area contributed by atoms with Gasteiger partial charge in [0.25, 0.3) is 5.91 Å². The Kier molecular flexibility index (Phi) is 7.28. The van der Waals surface area contributed by atoms with Crippen molar-refractivity contribution in [2.75, 3.05) is 20.6 Å². The molecule has 0 saturated carbocycles. The molecule has 0 fully saturated rings. The van der Waals surface area contributed by atoms with Gasteiger partial charge in [-0.25, -0.2) is 4.98 Å². The quantitative estimate of drug-likeness (QED) is 0.358. The van der Waals surface area contributed by atoms with E-state index in [1.165, 1.54) is 11.1 Å². The second kappa shape index (κ2) is 10.5. The first-order chi connectivity index (χ1) is 16.4. The van der Waals surface area contributed by atoms with Gasteiger partial charge in [-0.1, -0.05) is 36.4 Å². The van der Waals surface area contributed by atoms with Gasteiger partial charge in [0.15, 0.2) is 0 Å². The Morgan fingerprint density at radius 2 is 1.71 bits per heavy atom. The fraction of sp³-hybridized carbons (Fsp3) is 0.286. The number of aromatic nitrogens is 2. The monoisotopic (exact) mass is 456 g/mol. The number of fused-ring (bicyclic) bond motifs is 1. The van der Waals surface area contributed by atoms with Gasteiger partial charge in [-0.2, -0.15) is 0 Å². The summed E-state index contributed by atoms with van der Waals surface area (Å²) in [6.45, 7) is 6.50. The SMILES string of the molecule is CCN(Cc1ccc(CN(C)C)cc1)C(=O)c1cccc(OCc2cn3cc(C)ccc3n2)c1. The number of amides is 1. The number of aryl methyl sites for hydroxylation is 1. The first-order valence-electron chi connectivity index (χ1n) is 11.6. The molecule has 4 rings (SSSR count). The van der Waals surface area contributed by atoms with Crippen LogP contribution in [0.2, 0.25) is 0 Å². The first kappa shape index (κ1) is 23.5. The predicted octanol–water partition coefficient (Wildman–Crippen LogP) is 4.95. The van der Waals surface area contributed by atoms with E-state index in [4.69, 9.17) is 4.74 Å². The van der Waals surface area contributed by atoms with Crippen molar-refractivity contribution in [2.45, 2.75) is 33.5 Å². The fourth-order valence-corrected chi connectivity index (χ4v) is 3.95. The maximum absolute atomic E-state index is 13.2. The number of carbonyl (C=O) groups is 1. The molecule has 0 radical (unpaired) electrons. The summed E-state index contributed by atoms with van der Waals surface area (Å²) in [4.78, 5) is 21.8. The van der Waals surface area contributed by atoms with Crippen LogP contribution in [0, 0.1) is 6.92 Å². The van der Waals surface area contributed by atoms with Crippen molar-refractivity contribution in [3.05, 3.63) is 101 Å². The molecule has 0 aliphatic carbocycles. The van der Waals surface area contributed by atoms with Crippen molar-refractivity contribution in [2.24, 2.45) is 0 Å². The number of imidazole rings is 1. The van der Waals surface area contributed by atoms with E-state index >= 15 is 0 Å². The second-order valence-electron chi connectivity index (χ2n) is 8.89. The van der Waals surface area contributed by atoms with Crippen molar-refractivity contribution in [1.82, 2.24) is 19.2 Å². The summed E-state index contributed by atoms with van der Waals surface area (Å²) < 4.78 is 7.97. The van der Waals surface area contributed by atoms with Gasteiger partial charge in [0.2, 0.25) is 0 Å². The van der Waals surface area contributed by atoms with E-state index in [-0.39, 0.29) is 5.91 Å². The molecule has 34 heavy (non-hydrogen) atoms. The highest BCUT2D eigenvalue weighted by Crippen LogP contribution is 2.18. The Morgan fingerprint density at radius 1 is 0.971 bits per heavy atom. The summed E-state index contributed by atoms with van der Waals surface area (Å²) >= 11 is 0. The molecule has 2 aromatic heterocycles. The molecular weight excluding hydrogens is 424 g/mol. The average Bonchev–Trinajstić information content (AvgIpc) is 3.23. The maximum Gasteiger partial charge on any atom is 0.254 e. The Morgan fingerprint density at radius 3 is 2.41 bits per heavy atom. The molecule has 6 heteroatoms. The molecule has 0 N–H and O–H groups in total. The fourth-order valence-electron chi connectivity index (χ4n) is 3.95. The van der Waals surface area contributed by atoms with Gasteiger partial charge in [-0.3, -0.25) is 4.79 Å². The lowest BCUT2D eigenvalue weighted by atomic mass is 10.1. The summed E-state index contributed by atoms with van der Waals surface area (Å²) in [5, 5.41) is 0. The molecule has 0 atom stereocenters. The van der Waals surface area contributed by atoms with E-state index in [0.717, 1.165) is 23.4 Å². The van der Waals surface area contributed by atoms with E-state index in [0.29, 0.717) is 31.0 Å². The molecule has 6 nitrogen and oxygen atoms in total. The van der Waals surface area contributed by atoms with Gasteiger partial charge in [0, 0.05) is 37.6 Å². The van der Waals surface area contributed by atoms with E-state index < -0.39 is 0 Å². The van der Waals surface area contributed by atoms with Crippen LogP contribution >= 0.6 is 0 Å². The van der Waals surface area contributed by atoms with Crippen LogP contribution in [-0.2, 0) is 19.7 Å². The molecule has 0 spiro atoms. The second-order valence-corrected chi connectivity index (χ2v) is 8.89. The van der Waals surface area contributed by atoms with Crippen molar-refractivity contribution in [3.8, 4) is 5.75 Å². The molecule has 0 saturated heterocycles. The largest absolute Gasteiger partial charge is 0.487 e. The minimum absolute atomic E-state index is 0.00600. The van der Waals surface area contributed by atoms with Crippen molar-refractivity contribution in [3.63, 3.8) is 0 Å². The Labute approximate surface area is 201 Å². The highest BCUT2D eigenvalue weighted by atomic mass is 16.5. The van der Waals surface area contributed by atoms with Crippen LogP contribution in [0.3, 0.4) is 0 Å². The Balaban J connectivity index is 1.41. The van der Waals surface area contributed by atoms with Crippen molar-refractivity contribution in [1.29, 1.82) is 0 Å². The lowest BCUT2D eigenvalue weighted by molar-refractivity contribution is 0.0752. The molecule has 0 unspecified atom stereocenters. The van der Waals surface area contributed by atoms with Crippen molar-refractivity contribution < 1.29 is 9.53 Å². The van der Waals surface area contributed by atoms with E-state index in [1.54, 1.807) is 0 Å². The summed E-state index contributed by atoms with van der Waals surface area (Å²) in [6, 6.07) is 19.9. The number of hydrogen-bond donors (Lipinski definition) is 0. The van der Waals surface area contributed by atoms with Gasteiger partial charge < -0.3 is 18.9 Å². The number of benzene rings is 2. The number of rotatable bonds is 9. The third kappa shape index (κ3) is 5.83. The average molecular weight is 457 g/mol. The summed E-state index contributed by atoms with van der Waals surface area (Å²) in [6.07, 6.45) is 4.01. The lowest BCUT2D eigenvalue weighted by Crippen LogP contribution is -2.30. The summed E-state index contributed by atoms with van der Waals surface area (Å²) in [5.41, 5.74) is 5.90. The first-order valence-corrected chi connectivity index (χ1v) is 11.6. The summed E-state index contributed by atoms with van der Waals surface area (Å²) in [5.74, 6) is 0.650. The topological polar surface area (TPSA) is 50.1 Å². The molecule has 0 bridgehead atoms. The zero-order chi connectivity index (χ0) is 24.1. The lowest BCUT2D eigenvalue weighted by Gasteiger charge is -2.22. The minimum Gasteiger partial charge on any atom is -0.487 e. The van der Waals surface area contributed by atoms with Gasteiger partial charge >= 0.3 is 0 Å². The third-order valence-electron chi connectivity index (χ3n) is 5.68. The van der Waals surface area contributed by atoms with Crippen LogP contribution in [0.5, 0.6) is 5.75 Å². The van der Waals surface area contributed by atoms with Crippen LogP contribution in [0.15, 0.2) is 73.1 Å². The maximum atomic E-state index is 13.2. The molecular formula is C28H32N4O2. The van der Waals surface area contributed by atoms with E-state index in [1.807, 2.05) is 65.0 Å². The smallest absolute Gasteiger partial charge is 0.254 e. The number of nitrogens with zero attached hydrogens (tertiary/aromatic N) is 4. The van der Waals surface area contributed by atoms with E-state index in [9.17, 15) is 4.79 Å². The van der Waals surface area contributed by atoms with Crippen LogP contribution in [0.4, 0.5) is 0 Å². The van der Waals surface area contributed by atoms with Gasteiger partial charge in [-0.05, 0) is 68.9 Å². The van der Waals surface area contributed by atoms with Gasteiger partial charge in [-0.15, -0.1) is 0 Å². The zero-order valence-corrected chi connectivity index (χ0v) is 20.4. The minimum atomic E-state index is -0.00600. The molecule has 176 valence electrons. The number of hydrogen-bond acceptors (Lipinski definition) is 4. The Bertz CT molecular complexity index is 1260. The van der Waals surface area contributed by atoms with Crippen molar-refractivity contribution >= 4 is 11.6 Å². The molecule has 2 heterocycles. The number of carbonyl (C=O) groups excluding carboxylic acids is 1. The third-order valence-corrected chi connectivity index (χ3v) is 5.68. The number of ether oxygens (including phenoxy) is 1. The normalized spacial score (nSPS) is 11.2. The molecule has 1 amide bonds. The van der Waals surface area contributed by atoms with Crippen LogP contribution < -0.4 is 4.74 Å². The van der Waals surface area contributed by atoms with Crippen LogP contribution in [0.25, 0.3) is 5.65 Å². The predicted molar refractivity (Wildman–Crippen MR) is 135 cm³/mol. The molecule has 2 aromatic carbocycles. The van der Waals surface area contributed by atoms with E-state index in [2.05, 4.69) is 55.2 Å². The summed E-state index contributed by atoms with van der Waals surface area (Å²) in [7, 11) is 4.11. The molecule has 0 aliphatic heterocycles. The highest BCUT2D eigenvalue weighted by Gasteiger charge is 2.15. The zero-order valence-electron chi connectivity index (χ0n) is 20.4. The Hall–Kier alpha value is -3.64.